The second kappa shape index (κ2) is 10.7. The number of nitrogens with zero attached hydrogens (tertiary/aromatic N) is 1. The topological polar surface area (TPSA) is 125 Å². The van der Waals surface area contributed by atoms with Crippen molar-refractivity contribution in [1.29, 1.82) is 0 Å². The number of hydrogen-bond donors (Lipinski definition) is 1. The lowest BCUT2D eigenvalue weighted by Crippen LogP contribution is -2.30. The van der Waals surface area contributed by atoms with E-state index in [4.69, 9.17) is 9.47 Å². The molecule has 0 saturated heterocycles. The minimum atomic E-state index is -1.11. The maximum atomic E-state index is 12.2. The standard InChI is InChI=1S/C21H22N2O7/c1-14(24)16-9-11-17(12-10-16)29-13-5-8-20(25)30-15(2)21(26)22-18-6-3-4-7-19(18)23(27)28/h3-4,6-7,9-12,15H,5,8,13H2,1-2H3,(H,22,26)/t15-/m0/s1. The molecule has 0 saturated carbocycles. The lowest BCUT2D eigenvalue weighted by atomic mass is 10.1. The second-order valence-corrected chi connectivity index (χ2v) is 6.43. The smallest absolute Gasteiger partial charge is 0.306 e. The van der Waals surface area contributed by atoms with Gasteiger partial charge in [-0.05, 0) is 50.6 Å². The molecule has 158 valence electrons. The highest BCUT2D eigenvalue weighted by atomic mass is 16.6. The maximum absolute atomic E-state index is 12.2. The molecule has 9 heteroatoms. The van der Waals surface area contributed by atoms with Gasteiger partial charge in [0, 0.05) is 18.1 Å². The van der Waals surface area contributed by atoms with Crippen LogP contribution in [-0.4, -0.2) is 35.3 Å². The number of nitro groups is 1. The molecule has 30 heavy (non-hydrogen) atoms. The summed E-state index contributed by atoms with van der Waals surface area (Å²) >= 11 is 0. The molecule has 0 aliphatic carbocycles. The van der Waals surface area contributed by atoms with Crippen molar-refractivity contribution in [3.05, 3.63) is 64.2 Å². The molecule has 0 radical (unpaired) electrons. The molecule has 1 atom stereocenters. The predicted octanol–water partition coefficient (Wildman–Crippen LogP) is 3.53. The van der Waals surface area contributed by atoms with Gasteiger partial charge in [-0.3, -0.25) is 24.5 Å². The fourth-order valence-corrected chi connectivity index (χ4v) is 2.47. The molecule has 1 N–H and O–H groups in total. The summed E-state index contributed by atoms with van der Waals surface area (Å²) in [6, 6.07) is 12.3. The molecule has 2 aromatic rings. The van der Waals surface area contributed by atoms with E-state index in [-0.39, 0.29) is 30.2 Å². The van der Waals surface area contributed by atoms with Gasteiger partial charge in [-0.15, -0.1) is 0 Å². The van der Waals surface area contributed by atoms with Gasteiger partial charge in [0.05, 0.1) is 11.5 Å². The quantitative estimate of drug-likeness (QED) is 0.207. The van der Waals surface area contributed by atoms with Crippen molar-refractivity contribution in [2.24, 2.45) is 0 Å². The number of carbonyl (C=O) groups excluding carboxylic acids is 3. The average molecular weight is 414 g/mol. The minimum absolute atomic E-state index is 0.0274. The van der Waals surface area contributed by atoms with Gasteiger partial charge in [0.25, 0.3) is 11.6 Å². The first kappa shape index (κ1) is 22.5. The van der Waals surface area contributed by atoms with Crippen LogP contribution in [0.15, 0.2) is 48.5 Å². The summed E-state index contributed by atoms with van der Waals surface area (Å²) in [7, 11) is 0. The summed E-state index contributed by atoms with van der Waals surface area (Å²) in [6.07, 6.45) is -0.710. The zero-order chi connectivity index (χ0) is 22.1. The van der Waals surface area contributed by atoms with E-state index in [1.165, 1.54) is 32.0 Å². The molecular formula is C21H22N2O7. The Balaban J connectivity index is 1.74. The molecule has 0 aliphatic heterocycles. The Labute approximate surface area is 173 Å². The summed E-state index contributed by atoms with van der Waals surface area (Å²) in [5.74, 6) is -0.718. The van der Waals surface area contributed by atoms with Gasteiger partial charge in [0.1, 0.15) is 11.4 Å². The largest absolute Gasteiger partial charge is 0.494 e. The second-order valence-electron chi connectivity index (χ2n) is 6.43. The van der Waals surface area contributed by atoms with Crippen molar-refractivity contribution < 1.29 is 28.8 Å². The number of nitro benzene ring substituents is 1. The highest BCUT2D eigenvalue weighted by Crippen LogP contribution is 2.23. The molecular weight excluding hydrogens is 392 g/mol. The molecule has 9 nitrogen and oxygen atoms in total. The molecule has 1 amide bonds. The van der Waals surface area contributed by atoms with Crippen LogP contribution in [0.1, 0.15) is 37.0 Å². The predicted molar refractivity (Wildman–Crippen MR) is 108 cm³/mol. The summed E-state index contributed by atoms with van der Waals surface area (Å²) < 4.78 is 10.6. The highest BCUT2D eigenvalue weighted by Gasteiger charge is 2.21. The molecule has 0 unspecified atom stereocenters. The van der Waals surface area contributed by atoms with Gasteiger partial charge < -0.3 is 14.8 Å². The number of para-hydroxylation sites is 2. The Morgan fingerprint density at radius 3 is 2.40 bits per heavy atom. The van der Waals surface area contributed by atoms with E-state index >= 15 is 0 Å². The van der Waals surface area contributed by atoms with Gasteiger partial charge in [-0.2, -0.15) is 0 Å². The Morgan fingerprint density at radius 2 is 1.77 bits per heavy atom. The number of anilines is 1. The third kappa shape index (κ3) is 6.69. The number of ketones is 1. The first-order valence-corrected chi connectivity index (χ1v) is 9.25. The average Bonchev–Trinajstić information content (AvgIpc) is 2.71. The van der Waals surface area contributed by atoms with Crippen molar-refractivity contribution in [2.75, 3.05) is 11.9 Å². The van der Waals surface area contributed by atoms with Crippen LogP contribution in [0.2, 0.25) is 0 Å². The van der Waals surface area contributed by atoms with Gasteiger partial charge in [0.15, 0.2) is 11.9 Å². The third-order valence-electron chi connectivity index (χ3n) is 4.09. The lowest BCUT2D eigenvalue weighted by molar-refractivity contribution is -0.383. The Kier molecular flexibility index (Phi) is 8.04. The van der Waals surface area contributed by atoms with E-state index in [1.54, 1.807) is 30.3 Å². The molecule has 0 heterocycles. The summed E-state index contributed by atoms with van der Waals surface area (Å²) in [5.41, 5.74) is 0.358. The SMILES string of the molecule is CC(=O)c1ccc(OCCCC(=O)O[C@@H](C)C(=O)Nc2ccccc2[N+](=O)[O-])cc1. The van der Waals surface area contributed by atoms with Crippen molar-refractivity contribution in [3.8, 4) is 5.75 Å². The zero-order valence-electron chi connectivity index (χ0n) is 16.6. The fraction of sp³-hybridized carbons (Fsp3) is 0.286. The van der Waals surface area contributed by atoms with Crippen molar-refractivity contribution in [1.82, 2.24) is 0 Å². The fourth-order valence-electron chi connectivity index (χ4n) is 2.47. The van der Waals surface area contributed by atoms with Crippen LogP contribution < -0.4 is 10.1 Å². The number of rotatable bonds is 10. The summed E-state index contributed by atoms with van der Waals surface area (Å²) in [4.78, 5) is 45.7. The van der Waals surface area contributed by atoms with Crippen LogP contribution >= 0.6 is 0 Å². The van der Waals surface area contributed by atoms with E-state index in [0.29, 0.717) is 17.7 Å². The van der Waals surface area contributed by atoms with Gasteiger partial charge in [0.2, 0.25) is 0 Å². The van der Waals surface area contributed by atoms with Crippen LogP contribution in [-0.2, 0) is 14.3 Å². The Bertz CT molecular complexity index is 925. The van der Waals surface area contributed by atoms with Crippen molar-refractivity contribution in [2.45, 2.75) is 32.8 Å². The Hall–Kier alpha value is -3.75. The molecule has 2 aromatic carbocycles. The number of ether oxygens (including phenoxy) is 2. The van der Waals surface area contributed by atoms with Gasteiger partial charge >= 0.3 is 5.97 Å². The molecule has 0 aromatic heterocycles. The number of esters is 1. The first-order chi connectivity index (χ1) is 14.3. The molecule has 0 spiro atoms. The highest BCUT2D eigenvalue weighted by molar-refractivity contribution is 5.96. The zero-order valence-corrected chi connectivity index (χ0v) is 16.6. The van der Waals surface area contributed by atoms with E-state index in [2.05, 4.69) is 5.32 Å². The van der Waals surface area contributed by atoms with E-state index in [1.807, 2.05) is 0 Å². The van der Waals surface area contributed by atoms with Crippen LogP contribution in [0.3, 0.4) is 0 Å². The van der Waals surface area contributed by atoms with Crippen LogP contribution in [0.4, 0.5) is 11.4 Å². The van der Waals surface area contributed by atoms with Gasteiger partial charge in [-0.1, -0.05) is 12.1 Å². The van der Waals surface area contributed by atoms with Crippen LogP contribution in [0.25, 0.3) is 0 Å². The molecule has 2 rings (SSSR count). The van der Waals surface area contributed by atoms with E-state index in [0.717, 1.165) is 0 Å². The molecule has 0 aliphatic rings. The number of benzene rings is 2. The number of Topliss-reactive ketones (excluding diaryl/α,β-unsaturated/α-hetero) is 1. The van der Waals surface area contributed by atoms with Crippen LogP contribution in [0, 0.1) is 10.1 Å². The monoisotopic (exact) mass is 414 g/mol. The Morgan fingerprint density at radius 1 is 1.10 bits per heavy atom. The summed E-state index contributed by atoms with van der Waals surface area (Å²) in [6.45, 7) is 3.12. The maximum Gasteiger partial charge on any atom is 0.306 e. The van der Waals surface area contributed by atoms with E-state index in [9.17, 15) is 24.5 Å². The normalized spacial score (nSPS) is 11.3. The molecule has 0 bridgehead atoms. The minimum Gasteiger partial charge on any atom is -0.494 e. The van der Waals surface area contributed by atoms with Crippen molar-refractivity contribution in [3.63, 3.8) is 0 Å². The number of amides is 1. The lowest BCUT2D eigenvalue weighted by Gasteiger charge is -2.13. The van der Waals surface area contributed by atoms with Gasteiger partial charge in [-0.25, -0.2) is 0 Å². The molecule has 0 fully saturated rings. The van der Waals surface area contributed by atoms with Crippen molar-refractivity contribution >= 4 is 29.0 Å². The third-order valence-corrected chi connectivity index (χ3v) is 4.09. The van der Waals surface area contributed by atoms with Crippen LogP contribution in [0.5, 0.6) is 5.75 Å². The number of hydrogen-bond acceptors (Lipinski definition) is 7. The number of nitrogens with one attached hydrogen (secondary N) is 1. The van der Waals surface area contributed by atoms with E-state index < -0.39 is 22.9 Å². The summed E-state index contributed by atoms with van der Waals surface area (Å²) in [5, 5.41) is 13.4. The number of carbonyl (C=O) groups is 3. The first-order valence-electron chi connectivity index (χ1n) is 9.25.